The minimum atomic E-state index is -5.19. The van der Waals surface area contributed by atoms with E-state index < -0.39 is 67.1 Å². The average molecular weight is 489 g/mol. The Morgan fingerprint density at radius 1 is 1.22 bits per heavy atom. The summed E-state index contributed by atoms with van der Waals surface area (Å²) < 4.78 is 70.1. The Morgan fingerprint density at radius 3 is 2.19 bits per heavy atom. The van der Waals surface area contributed by atoms with Gasteiger partial charge in [-0.25, -0.2) is 12.8 Å². The Balaban J connectivity index is 0.000000633. The Labute approximate surface area is 178 Å². The van der Waals surface area contributed by atoms with Crippen LogP contribution in [0, 0.1) is 15.9 Å². The second-order valence-electron chi connectivity index (χ2n) is 6.40. The largest absolute Gasteiger partial charge is 0.542 e. The number of nitrogens with two attached hydrogens (primary N) is 1. The Hall–Kier alpha value is -2.85. The fourth-order valence-corrected chi connectivity index (χ4v) is 3.97. The van der Waals surface area contributed by atoms with Gasteiger partial charge in [-0.05, 0) is 12.5 Å². The fourth-order valence-electron chi connectivity index (χ4n) is 2.59. The fraction of sp³-hybridized carbons (Fsp3) is 0.500. The molecule has 0 atom stereocenters. The topological polar surface area (TPSA) is 175 Å². The van der Waals surface area contributed by atoms with Crippen LogP contribution in [0.1, 0.15) is 16.8 Å². The number of amides is 1. The molecule has 1 saturated heterocycles. The molecule has 0 aliphatic carbocycles. The monoisotopic (exact) mass is 489 g/mol. The molecule has 0 saturated carbocycles. The minimum Gasteiger partial charge on any atom is -0.542 e. The quantitative estimate of drug-likeness (QED) is 0.268. The lowest BCUT2D eigenvalue weighted by Gasteiger charge is -2.25. The number of sulfone groups is 1. The van der Waals surface area contributed by atoms with Gasteiger partial charge < -0.3 is 25.2 Å². The van der Waals surface area contributed by atoms with Gasteiger partial charge in [-0.3, -0.25) is 14.9 Å². The molecule has 11 nitrogen and oxygen atoms in total. The van der Waals surface area contributed by atoms with E-state index in [1.54, 1.807) is 0 Å². The van der Waals surface area contributed by atoms with Crippen molar-refractivity contribution in [3.8, 4) is 0 Å². The first-order chi connectivity index (χ1) is 14.7. The Kier molecular flexibility index (Phi) is 9.47. The number of quaternary nitrogens is 1. The molecule has 2 rings (SSSR count). The number of carbonyl (C=O) groups is 2. The number of piperazine rings is 1. The number of aliphatic hydroxyl groups is 1. The van der Waals surface area contributed by atoms with Crippen LogP contribution in [0.2, 0.25) is 0 Å². The van der Waals surface area contributed by atoms with Gasteiger partial charge in [0, 0.05) is 6.61 Å². The first kappa shape index (κ1) is 27.2. The van der Waals surface area contributed by atoms with Gasteiger partial charge in [0.2, 0.25) is 0 Å². The summed E-state index contributed by atoms with van der Waals surface area (Å²) in [5, 5.41) is 30.7. The number of carboxylic acid groups (broad SMARTS) is 1. The maximum absolute atomic E-state index is 14.1. The average Bonchev–Trinajstić information content (AvgIpc) is 2.71. The summed E-state index contributed by atoms with van der Waals surface area (Å²) in [6.07, 6.45) is -5.30. The summed E-state index contributed by atoms with van der Waals surface area (Å²) in [6.45, 7) is 1.58. The molecule has 0 unspecified atom stereocenters. The lowest BCUT2D eigenvalue weighted by atomic mass is 10.1. The van der Waals surface area contributed by atoms with Gasteiger partial charge in [-0.2, -0.15) is 13.2 Å². The third kappa shape index (κ3) is 7.38. The molecule has 1 aromatic rings. The van der Waals surface area contributed by atoms with E-state index in [0.717, 1.165) is 6.07 Å². The molecule has 0 spiro atoms. The van der Waals surface area contributed by atoms with Crippen molar-refractivity contribution in [1.29, 1.82) is 0 Å². The highest BCUT2D eigenvalue weighted by Gasteiger charge is 2.31. The number of nitrogens with zero attached hydrogens (tertiary/aromatic N) is 2. The molecule has 32 heavy (non-hydrogen) atoms. The van der Waals surface area contributed by atoms with Crippen LogP contribution in [-0.2, 0) is 14.6 Å². The molecule has 180 valence electrons. The second-order valence-corrected chi connectivity index (χ2v) is 8.47. The number of hydrogen-bond acceptors (Lipinski definition) is 8. The maximum Gasteiger partial charge on any atom is 0.430 e. The molecule has 16 heteroatoms. The first-order valence-electron chi connectivity index (χ1n) is 8.93. The molecule has 3 N–H and O–H groups in total. The number of nitro benzene ring substituents is 1. The van der Waals surface area contributed by atoms with Crippen LogP contribution in [0.4, 0.5) is 23.2 Å². The van der Waals surface area contributed by atoms with E-state index >= 15 is 0 Å². The van der Waals surface area contributed by atoms with E-state index in [2.05, 4.69) is 0 Å². The maximum atomic E-state index is 14.1. The van der Waals surface area contributed by atoms with Gasteiger partial charge in [0.25, 0.3) is 11.6 Å². The summed E-state index contributed by atoms with van der Waals surface area (Å²) in [7, 11) is -4.12. The van der Waals surface area contributed by atoms with Crippen LogP contribution < -0.4 is 10.4 Å². The van der Waals surface area contributed by atoms with Crippen LogP contribution in [0.15, 0.2) is 17.0 Å². The van der Waals surface area contributed by atoms with E-state index in [4.69, 9.17) is 15.0 Å². The van der Waals surface area contributed by atoms with E-state index in [-0.39, 0.29) is 6.42 Å². The number of hydrogen-bond donors (Lipinski definition) is 2. The lowest BCUT2D eigenvalue weighted by molar-refractivity contribution is -0.661. The summed E-state index contributed by atoms with van der Waals surface area (Å²) in [5.41, 5.74) is -1.21. The molecule has 1 heterocycles. The molecule has 1 fully saturated rings. The molecule has 1 aliphatic rings. The molecule has 0 bridgehead atoms. The Bertz CT molecular complexity index is 963. The lowest BCUT2D eigenvalue weighted by Crippen LogP contribution is -2.89. The number of benzene rings is 1. The third-order valence-electron chi connectivity index (χ3n) is 4.11. The molecule has 1 aliphatic heterocycles. The number of halogens is 4. The molecule has 1 aromatic carbocycles. The van der Waals surface area contributed by atoms with Crippen LogP contribution in [-0.4, -0.2) is 79.9 Å². The van der Waals surface area contributed by atoms with Gasteiger partial charge >= 0.3 is 6.18 Å². The second kappa shape index (κ2) is 11.1. The van der Waals surface area contributed by atoms with Crippen LogP contribution in [0.5, 0.6) is 0 Å². The zero-order valence-corrected chi connectivity index (χ0v) is 17.1. The number of nitro groups is 1. The van der Waals surface area contributed by atoms with Gasteiger partial charge in [0.1, 0.15) is 22.2 Å². The predicted molar refractivity (Wildman–Crippen MR) is 95.4 cm³/mol. The zero-order chi connectivity index (χ0) is 24.7. The highest BCUT2D eigenvalue weighted by molar-refractivity contribution is 7.91. The highest BCUT2D eigenvalue weighted by Crippen LogP contribution is 2.28. The van der Waals surface area contributed by atoms with Gasteiger partial charge in [-0.1, -0.05) is 0 Å². The van der Waals surface area contributed by atoms with Crippen molar-refractivity contribution in [3.05, 3.63) is 33.6 Å². The summed E-state index contributed by atoms with van der Waals surface area (Å²) >= 11 is 0. The first-order valence-corrected chi connectivity index (χ1v) is 10.6. The van der Waals surface area contributed by atoms with Crippen molar-refractivity contribution in [2.45, 2.75) is 17.5 Å². The normalized spacial score (nSPS) is 14.3. The number of carbonyl (C=O) groups excluding carboxylic acids is 2. The van der Waals surface area contributed by atoms with Gasteiger partial charge in [-0.15, -0.1) is 0 Å². The van der Waals surface area contributed by atoms with Crippen LogP contribution in [0.25, 0.3) is 0 Å². The van der Waals surface area contributed by atoms with Crippen molar-refractivity contribution in [2.24, 2.45) is 0 Å². The van der Waals surface area contributed by atoms with Crippen molar-refractivity contribution in [2.75, 3.05) is 38.5 Å². The smallest absolute Gasteiger partial charge is 0.430 e. The number of alkyl halides is 3. The zero-order valence-electron chi connectivity index (χ0n) is 16.3. The van der Waals surface area contributed by atoms with E-state index in [0.29, 0.717) is 32.2 Å². The predicted octanol–water partition coefficient (Wildman–Crippen LogP) is -1.79. The molecular weight excluding hydrogens is 470 g/mol. The van der Waals surface area contributed by atoms with E-state index in [1.807, 2.05) is 5.32 Å². The van der Waals surface area contributed by atoms with Gasteiger partial charge in [0.15, 0.2) is 9.84 Å². The summed E-state index contributed by atoms with van der Waals surface area (Å²) in [6, 6.07) is 1.20. The van der Waals surface area contributed by atoms with E-state index in [9.17, 15) is 40.9 Å². The molecule has 1 amide bonds. The van der Waals surface area contributed by atoms with Crippen molar-refractivity contribution in [3.63, 3.8) is 0 Å². The molecular formula is C16H19F4N3O8S. The third-order valence-corrected chi connectivity index (χ3v) is 5.92. The van der Waals surface area contributed by atoms with Crippen LogP contribution >= 0.6 is 0 Å². The van der Waals surface area contributed by atoms with Crippen molar-refractivity contribution >= 4 is 27.4 Å². The standard InChI is InChI=1S/C14H18FN3O6S.C2HF3O2/c15-11-9-12(18(21)22)10(14(20)17-4-2-16-3-5-17)8-13(11)25(23,24)7-1-6-19;3-2(4,5)1(6)7/h8-9,16,19H,1-7H2;(H,6,7). The number of aliphatic carboxylic acids is 1. The summed E-state index contributed by atoms with van der Waals surface area (Å²) in [5.74, 6) is -5.51. The van der Waals surface area contributed by atoms with Gasteiger partial charge in [0.05, 0.1) is 42.9 Å². The minimum absolute atomic E-state index is 0.107. The number of aliphatic hydroxyl groups excluding tert-OH is 1. The molecule has 0 aromatic heterocycles. The molecule has 0 radical (unpaired) electrons. The Morgan fingerprint density at radius 2 is 1.75 bits per heavy atom. The highest BCUT2D eigenvalue weighted by atomic mass is 32.2. The van der Waals surface area contributed by atoms with Crippen molar-refractivity contribution < 1.29 is 56.0 Å². The van der Waals surface area contributed by atoms with E-state index in [1.165, 1.54) is 4.90 Å². The number of carboxylic acids is 1. The van der Waals surface area contributed by atoms with Crippen molar-refractivity contribution in [1.82, 2.24) is 4.90 Å². The SMILES string of the molecule is O=C([O-])C(F)(F)F.O=C(c1cc(S(=O)(=O)CCCO)c(F)cc1[N+](=O)[O-])N1CC[NH2+]CC1. The van der Waals surface area contributed by atoms with Crippen LogP contribution in [0.3, 0.4) is 0 Å². The summed E-state index contributed by atoms with van der Waals surface area (Å²) in [4.78, 5) is 32.2. The number of rotatable bonds is 6.